The monoisotopic (exact) mass is 356 g/mol. The van der Waals surface area contributed by atoms with E-state index in [1.807, 2.05) is 0 Å². The molecule has 5 N–H and O–H groups in total. The van der Waals surface area contributed by atoms with Crippen molar-refractivity contribution in [1.29, 1.82) is 5.41 Å². The van der Waals surface area contributed by atoms with Crippen molar-refractivity contribution in [2.24, 2.45) is 5.73 Å². The number of carbonyl (C=O) groups excluding carboxylic acids is 1. The van der Waals surface area contributed by atoms with Crippen LogP contribution < -0.4 is 16.4 Å². The van der Waals surface area contributed by atoms with Crippen molar-refractivity contribution >= 4 is 11.9 Å². The molecular weight excluding hydrogens is 316 g/mol. The molecule has 0 bridgehead atoms. The highest BCUT2D eigenvalue weighted by atomic mass is 16.5. The average molecular weight is 357 g/mol. The van der Waals surface area contributed by atoms with E-state index in [1.54, 1.807) is 0 Å². The SMILES string of the molecule is CCCCCCCCCCCCNC(CCCNC(=N)N)C(=O)OC. The van der Waals surface area contributed by atoms with Gasteiger partial charge in [0, 0.05) is 6.54 Å². The number of unbranched alkanes of at least 4 members (excludes halogenated alkanes) is 9. The Hall–Kier alpha value is -1.30. The van der Waals surface area contributed by atoms with Crippen LogP contribution in [0.15, 0.2) is 0 Å². The zero-order valence-electron chi connectivity index (χ0n) is 16.4. The maximum Gasteiger partial charge on any atom is 0.322 e. The van der Waals surface area contributed by atoms with Crippen molar-refractivity contribution in [2.75, 3.05) is 20.2 Å². The molecule has 0 aromatic carbocycles. The number of guanidine groups is 1. The first-order chi connectivity index (χ1) is 12.1. The minimum Gasteiger partial charge on any atom is -0.468 e. The predicted molar refractivity (Wildman–Crippen MR) is 105 cm³/mol. The quantitative estimate of drug-likeness (QED) is 0.139. The Kier molecular flexibility index (Phi) is 16.6. The molecular formula is C19H40N4O2. The number of rotatable bonds is 17. The minimum absolute atomic E-state index is 0.0343. The van der Waals surface area contributed by atoms with Crippen LogP contribution in [-0.2, 0) is 9.53 Å². The molecule has 0 aliphatic rings. The second-order valence-electron chi connectivity index (χ2n) is 6.69. The summed E-state index contributed by atoms with van der Waals surface area (Å²) in [6.07, 6.45) is 14.5. The molecule has 148 valence electrons. The second kappa shape index (κ2) is 17.5. The normalized spacial score (nSPS) is 11.9. The molecule has 0 saturated carbocycles. The molecule has 1 atom stereocenters. The van der Waals surface area contributed by atoms with Crippen molar-refractivity contribution in [3.05, 3.63) is 0 Å². The Morgan fingerprint density at radius 3 is 2.04 bits per heavy atom. The number of hydrogen-bond donors (Lipinski definition) is 4. The number of hydrogen-bond acceptors (Lipinski definition) is 4. The highest BCUT2D eigenvalue weighted by Crippen LogP contribution is 2.10. The summed E-state index contributed by atoms with van der Waals surface area (Å²) in [5, 5.41) is 13.2. The number of methoxy groups -OCH3 is 1. The third kappa shape index (κ3) is 15.9. The summed E-state index contributed by atoms with van der Waals surface area (Å²) in [5.74, 6) is -0.247. The van der Waals surface area contributed by atoms with Gasteiger partial charge in [0.25, 0.3) is 0 Å². The molecule has 6 nitrogen and oxygen atoms in total. The van der Waals surface area contributed by atoms with Crippen molar-refractivity contribution in [2.45, 2.75) is 90.0 Å². The molecule has 25 heavy (non-hydrogen) atoms. The van der Waals surface area contributed by atoms with E-state index in [-0.39, 0.29) is 18.0 Å². The topological polar surface area (TPSA) is 100 Å². The highest BCUT2D eigenvalue weighted by Gasteiger charge is 2.17. The molecule has 0 aromatic heterocycles. The number of esters is 1. The molecule has 0 fully saturated rings. The fourth-order valence-electron chi connectivity index (χ4n) is 2.86. The average Bonchev–Trinajstić information content (AvgIpc) is 2.60. The van der Waals surface area contributed by atoms with Crippen molar-refractivity contribution in [3.63, 3.8) is 0 Å². The number of nitrogens with two attached hydrogens (primary N) is 1. The second-order valence-corrected chi connectivity index (χ2v) is 6.69. The molecule has 0 saturated heterocycles. The van der Waals surface area contributed by atoms with Gasteiger partial charge in [0.05, 0.1) is 7.11 Å². The summed E-state index contributed by atoms with van der Waals surface area (Å²) in [4.78, 5) is 11.8. The molecule has 6 heteroatoms. The fourth-order valence-corrected chi connectivity index (χ4v) is 2.86. The molecule has 1 unspecified atom stereocenters. The summed E-state index contributed by atoms with van der Waals surface area (Å²) < 4.78 is 4.85. The summed E-state index contributed by atoms with van der Waals surface area (Å²) >= 11 is 0. The van der Waals surface area contributed by atoms with Crippen molar-refractivity contribution in [1.82, 2.24) is 10.6 Å². The van der Waals surface area contributed by atoms with Crippen LogP contribution in [0, 0.1) is 5.41 Å². The summed E-state index contributed by atoms with van der Waals surface area (Å²) in [7, 11) is 1.42. The Bertz CT molecular complexity index is 337. The Balaban J connectivity index is 3.60. The Morgan fingerprint density at radius 2 is 1.52 bits per heavy atom. The number of carbonyl (C=O) groups is 1. The van der Waals surface area contributed by atoms with Crippen LogP contribution in [0.25, 0.3) is 0 Å². The molecule has 0 spiro atoms. The number of nitrogens with one attached hydrogen (secondary N) is 3. The lowest BCUT2D eigenvalue weighted by atomic mass is 10.1. The molecule has 0 rings (SSSR count). The minimum atomic E-state index is -0.266. The van der Waals surface area contributed by atoms with E-state index in [4.69, 9.17) is 15.9 Å². The molecule has 0 aromatic rings. The lowest BCUT2D eigenvalue weighted by molar-refractivity contribution is -0.143. The number of ether oxygens (including phenoxy) is 1. The molecule has 0 aliphatic carbocycles. The van der Waals surface area contributed by atoms with Gasteiger partial charge in [-0.05, 0) is 25.8 Å². The van der Waals surface area contributed by atoms with Gasteiger partial charge in [0.15, 0.2) is 5.96 Å². The van der Waals surface area contributed by atoms with E-state index in [0.717, 1.165) is 19.4 Å². The van der Waals surface area contributed by atoms with Crippen LogP contribution >= 0.6 is 0 Å². The lowest BCUT2D eigenvalue weighted by Crippen LogP contribution is -2.39. The van der Waals surface area contributed by atoms with Crippen molar-refractivity contribution in [3.8, 4) is 0 Å². The Morgan fingerprint density at radius 1 is 0.960 bits per heavy atom. The van der Waals surface area contributed by atoms with Gasteiger partial charge >= 0.3 is 5.97 Å². The summed E-state index contributed by atoms with van der Waals surface area (Å²) in [6, 6.07) is -0.266. The molecule has 0 radical (unpaired) electrons. The summed E-state index contributed by atoms with van der Waals surface area (Å²) in [5.41, 5.74) is 5.24. The third-order valence-electron chi connectivity index (χ3n) is 4.39. The van der Waals surface area contributed by atoms with Gasteiger partial charge in [-0.3, -0.25) is 10.2 Å². The van der Waals surface area contributed by atoms with E-state index in [2.05, 4.69) is 17.6 Å². The van der Waals surface area contributed by atoms with Gasteiger partial charge in [-0.15, -0.1) is 0 Å². The van der Waals surface area contributed by atoms with Crippen LogP contribution in [0.4, 0.5) is 0 Å². The van der Waals surface area contributed by atoms with Crippen molar-refractivity contribution < 1.29 is 9.53 Å². The smallest absolute Gasteiger partial charge is 0.322 e. The van der Waals surface area contributed by atoms with Gasteiger partial charge in [0.2, 0.25) is 0 Å². The zero-order valence-corrected chi connectivity index (χ0v) is 16.4. The summed E-state index contributed by atoms with van der Waals surface area (Å²) in [6.45, 7) is 3.70. The van der Waals surface area contributed by atoms with Crippen LogP contribution in [-0.4, -0.2) is 38.2 Å². The fraction of sp³-hybridized carbons (Fsp3) is 0.895. The van der Waals surface area contributed by atoms with Gasteiger partial charge in [0.1, 0.15) is 6.04 Å². The third-order valence-corrected chi connectivity index (χ3v) is 4.39. The maximum absolute atomic E-state index is 11.8. The van der Waals surface area contributed by atoms with E-state index in [0.29, 0.717) is 13.0 Å². The van der Waals surface area contributed by atoms with Gasteiger partial charge < -0.3 is 21.1 Å². The first-order valence-electron chi connectivity index (χ1n) is 10.0. The van der Waals surface area contributed by atoms with Gasteiger partial charge in [-0.1, -0.05) is 64.7 Å². The Labute approximate surface area is 154 Å². The van der Waals surface area contributed by atoms with Crippen LogP contribution in [0.3, 0.4) is 0 Å². The van der Waals surface area contributed by atoms with E-state index < -0.39 is 0 Å². The largest absolute Gasteiger partial charge is 0.468 e. The lowest BCUT2D eigenvalue weighted by Gasteiger charge is -2.16. The van der Waals surface area contributed by atoms with E-state index in [9.17, 15) is 4.79 Å². The molecule has 0 heterocycles. The first-order valence-corrected chi connectivity index (χ1v) is 10.0. The highest BCUT2D eigenvalue weighted by molar-refractivity contribution is 5.75. The molecule has 0 amide bonds. The van der Waals surface area contributed by atoms with Crippen LogP contribution in [0.5, 0.6) is 0 Å². The van der Waals surface area contributed by atoms with Crippen LogP contribution in [0.1, 0.15) is 84.0 Å². The zero-order chi connectivity index (χ0) is 18.8. The first kappa shape index (κ1) is 23.7. The van der Waals surface area contributed by atoms with E-state index in [1.165, 1.54) is 64.9 Å². The molecule has 0 aliphatic heterocycles. The maximum atomic E-state index is 11.8. The standard InChI is InChI=1S/C19H40N4O2/c1-3-4-5-6-7-8-9-10-11-12-15-22-17(18(24)25-2)14-13-16-23-19(20)21/h17,22H,3-16H2,1-2H3,(H4,20,21,23). The van der Waals surface area contributed by atoms with E-state index >= 15 is 0 Å². The van der Waals surface area contributed by atoms with Gasteiger partial charge in [-0.2, -0.15) is 0 Å². The van der Waals surface area contributed by atoms with Crippen LogP contribution in [0.2, 0.25) is 0 Å². The predicted octanol–water partition coefficient (Wildman–Crippen LogP) is 3.30. The van der Waals surface area contributed by atoms with Gasteiger partial charge in [-0.25, -0.2) is 0 Å².